The van der Waals surface area contributed by atoms with Gasteiger partial charge in [-0.3, -0.25) is 4.39 Å². The molecule has 19 heavy (non-hydrogen) atoms. The van der Waals surface area contributed by atoms with Crippen LogP contribution in [-0.4, -0.2) is 35.1 Å². The van der Waals surface area contributed by atoms with Crippen LogP contribution in [0.2, 0.25) is 0 Å². The molecule has 0 bridgehead atoms. The Morgan fingerprint density at radius 1 is 1.47 bits per heavy atom. The highest BCUT2D eigenvalue weighted by Crippen LogP contribution is 2.31. The van der Waals surface area contributed by atoms with Gasteiger partial charge in [0, 0.05) is 19.2 Å². The smallest absolute Gasteiger partial charge is 0.208 e. The minimum atomic E-state index is -0.237. The quantitative estimate of drug-likeness (QED) is 0.863. The molecule has 0 aromatic carbocycles. The lowest BCUT2D eigenvalue weighted by Crippen LogP contribution is -2.35. The van der Waals surface area contributed by atoms with Crippen LogP contribution in [0.5, 0.6) is 0 Å². The van der Waals surface area contributed by atoms with Gasteiger partial charge in [0.05, 0.1) is 6.67 Å². The minimum absolute atomic E-state index is 0.237. The highest BCUT2D eigenvalue weighted by Gasteiger charge is 2.23. The number of hydrogen-bond acceptors (Lipinski definition) is 6. The van der Waals surface area contributed by atoms with Gasteiger partial charge in [0.1, 0.15) is 12.0 Å². The highest BCUT2D eigenvalue weighted by molar-refractivity contribution is 7.18. The Hall–Kier alpha value is -1.50. The summed E-state index contributed by atoms with van der Waals surface area (Å²) in [6, 6.07) is 1.77. The van der Waals surface area contributed by atoms with Crippen molar-refractivity contribution in [2.45, 2.75) is 19.3 Å². The van der Waals surface area contributed by atoms with Crippen molar-refractivity contribution in [3.63, 3.8) is 0 Å². The Bertz CT molecular complexity index is 514. The first-order valence-corrected chi connectivity index (χ1v) is 7.23. The molecule has 1 aliphatic heterocycles. The number of alkyl halides is 1. The van der Waals surface area contributed by atoms with E-state index in [9.17, 15) is 4.39 Å². The van der Waals surface area contributed by atoms with Crippen LogP contribution in [-0.2, 0) is 0 Å². The molecule has 3 heterocycles. The summed E-state index contributed by atoms with van der Waals surface area (Å²) in [5.41, 5.74) is 0.709. The summed E-state index contributed by atoms with van der Waals surface area (Å²) in [5.74, 6) is 0.429. The molecule has 7 heteroatoms. The van der Waals surface area contributed by atoms with Gasteiger partial charge in [0.2, 0.25) is 5.13 Å². The lowest BCUT2D eigenvalue weighted by atomic mass is 9.96. The van der Waals surface area contributed by atoms with E-state index in [-0.39, 0.29) is 6.67 Å². The Morgan fingerprint density at radius 3 is 3.21 bits per heavy atom. The van der Waals surface area contributed by atoms with Gasteiger partial charge in [-0.25, -0.2) is 0 Å². The fraction of sp³-hybridized carbons (Fsp3) is 0.583. The first-order valence-electron chi connectivity index (χ1n) is 6.42. The Labute approximate surface area is 114 Å². The van der Waals surface area contributed by atoms with Gasteiger partial charge in [-0.2, -0.15) is 0 Å². The Balaban J connectivity index is 1.72. The molecule has 0 spiro atoms. The van der Waals surface area contributed by atoms with E-state index in [0.29, 0.717) is 18.0 Å². The second-order valence-corrected chi connectivity index (χ2v) is 5.66. The molecule has 2 aromatic rings. The topological polar surface area (TPSA) is 55.1 Å². The number of halogens is 1. The van der Waals surface area contributed by atoms with Crippen LogP contribution >= 0.6 is 11.3 Å². The summed E-state index contributed by atoms with van der Waals surface area (Å²) in [7, 11) is 0. The maximum atomic E-state index is 12.4. The van der Waals surface area contributed by atoms with Crippen LogP contribution in [0.3, 0.4) is 0 Å². The molecular formula is C12H15FN4OS. The van der Waals surface area contributed by atoms with E-state index in [0.717, 1.165) is 36.1 Å². The molecule has 102 valence electrons. The summed E-state index contributed by atoms with van der Waals surface area (Å²) in [6.45, 7) is 1.60. The van der Waals surface area contributed by atoms with Gasteiger partial charge in [0.15, 0.2) is 5.01 Å². The molecule has 1 atom stereocenters. The van der Waals surface area contributed by atoms with Gasteiger partial charge >= 0.3 is 0 Å². The maximum Gasteiger partial charge on any atom is 0.208 e. The second kappa shape index (κ2) is 5.64. The average molecular weight is 282 g/mol. The molecule has 0 saturated carbocycles. The van der Waals surface area contributed by atoms with Crippen molar-refractivity contribution in [1.82, 2.24) is 15.4 Å². The summed E-state index contributed by atoms with van der Waals surface area (Å²) in [6.07, 6.45) is 4.36. The van der Waals surface area contributed by atoms with Gasteiger partial charge < -0.3 is 9.42 Å². The molecule has 3 rings (SSSR count). The number of hydrogen-bond donors (Lipinski definition) is 0. The van der Waals surface area contributed by atoms with Crippen LogP contribution in [0, 0.1) is 5.92 Å². The summed E-state index contributed by atoms with van der Waals surface area (Å²) >= 11 is 1.50. The summed E-state index contributed by atoms with van der Waals surface area (Å²) < 4.78 is 17.2. The molecule has 2 aromatic heterocycles. The Morgan fingerprint density at radius 2 is 2.42 bits per heavy atom. The fourth-order valence-electron chi connectivity index (χ4n) is 2.40. The first kappa shape index (κ1) is 12.5. The van der Waals surface area contributed by atoms with Crippen molar-refractivity contribution < 1.29 is 8.91 Å². The first-order chi connectivity index (χ1) is 9.36. The van der Waals surface area contributed by atoms with E-state index >= 15 is 0 Å². The van der Waals surface area contributed by atoms with Crippen molar-refractivity contribution >= 4 is 16.5 Å². The molecule has 5 nitrogen and oxygen atoms in total. The number of nitrogens with zero attached hydrogens (tertiary/aromatic N) is 4. The molecule has 1 unspecified atom stereocenters. The number of piperidine rings is 1. The molecule has 1 fully saturated rings. The average Bonchev–Trinajstić information content (AvgIpc) is 3.11. The summed E-state index contributed by atoms with van der Waals surface area (Å²) in [5, 5.41) is 13.8. The van der Waals surface area contributed by atoms with E-state index in [1.54, 1.807) is 6.07 Å². The zero-order valence-electron chi connectivity index (χ0n) is 10.5. The van der Waals surface area contributed by atoms with Crippen molar-refractivity contribution in [3.05, 3.63) is 12.3 Å². The normalized spacial score (nSPS) is 19.8. The van der Waals surface area contributed by atoms with E-state index in [1.165, 1.54) is 17.6 Å². The van der Waals surface area contributed by atoms with Gasteiger partial charge in [0.25, 0.3) is 0 Å². The Kier molecular flexibility index (Phi) is 3.72. The van der Waals surface area contributed by atoms with Crippen molar-refractivity contribution in [2.24, 2.45) is 5.92 Å². The van der Waals surface area contributed by atoms with Crippen molar-refractivity contribution in [1.29, 1.82) is 0 Å². The van der Waals surface area contributed by atoms with E-state index in [1.807, 2.05) is 0 Å². The standard InChI is InChI=1S/C12H15FN4OS/c13-5-3-9-2-1-6-17(8-9)12-15-14-11(19-12)10-4-7-18-16-10/h4,7,9H,1-3,5-6,8H2. The number of rotatable bonds is 4. The van der Waals surface area contributed by atoms with Crippen molar-refractivity contribution in [3.8, 4) is 10.7 Å². The SMILES string of the molecule is FCCC1CCCN(c2nnc(-c3ccon3)s2)C1. The van der Waals surface area contributed by atoms with Gasteiger partial charge in [-0.15, -0.1) is 10.2 Å². The number of anilines is 1. The van der Waals surface area contributed by atoms with Crippen LogP contribution in [0.15, 0.2) is 16.9 Å². The van der Waals surface area contributed by atoms with Gasteiger partial charge in [-0.05, 0) is 25.2 Å². The predicted octanol–water partition coefficient (Wildman–Crippen LogP) is 2.77. The molecule has 1 saturated heterocycles. The highest BCUT2D eigenvalue weighted by atomic mass is 32.1. The van der Waals surface area contributed by atoms with Crippen LogP contribution < -0.4 is 4.90 Å². The minimum Gasteiger partial charge on any atom is -0.364 e. The molecule has 0 N–H and O–H groups in total. The molecule has 0 amide bonds. The zero-order chi connectivity index (χ0) is 13.1. The van der Waals surface area contributed by atoms with Crippen LogP contribution in [0.4, 0.5) is 9.52 Å². The van der Waals surface area contributed by atoms with Gasteiger partial charge in [-0.1, -0.05) is 16.5 Å². The lowest BCUT2D eigenvalue weighted by molar-refractivity contribution is 0.340. The fourth-order valence-corrected chi connectivity index (χ4v) is 3.24. The van der Waals surface area contributed by atoms with Crippen molar-refractivity contribution in [2.75, 3.05) is 24.7 Å². The molecular weight excluding hydrogens is 267 g/mol. The molecule has 0 aliphatic carbocycles. The van der Waals surface area contributed by atoms with E-state index in [2.05, 4.69) is 20.3 Å². The second-order valence-electron chi connectivity index (χ2n) is 4.71. The zero-order valence-corrected chi connectivity index (χ0v) is 11.3. The van der Waals surface area contributed by atoms with E-state index < -0.39 is 0 Å². The van der Waals surface area contributed by atoms with Crippen LogP contribution in [0.25, 0.3) is 10.7 Å². The molecule has 1 aliphatic rings. The predicted molar refractivity (Wildman–Crippen MR) is 70.9 cm³/mol. The van der Waals surface area contributed by atoms with E-state index in [4.69, 9.17) is 4.52 Å². The lowest BCUT2D eigenvalue weighted by Gasteiger charge is -2.31. The van der Waals surface area contributed by atoms with Crippen LogP contribution in [0.1, 0.15) is 19.3 Å². The molecule has 0 radical (unpaired) electrons. The monoisotopic (exact) mass is 282 g/mol. The maximum absolute atomic E-state index is 12.4. The third-order valence-corrected chi connectivity index (χ3v) is 4.38. The number of aromatic nitrogens is 3. The largest absolute Gasteiger partial charge is 0.364 e. The third kappa shape index (κ3) is 2.75. The summed E-state index contributed by atoms with van der Waals surface area (Å²) in [4.78, 5) is 2.20. The third-order valence-electron chi connectivity index (χ3n) is 3.38.